The molecular weight excluding hydrogens is 306 g/mol. The van der Waals surface area contributed by atoms with Crippen molar-refractivity contribution in [3.8, 4) is 5.69 Å². The number of nitrogens with one attached hydrogen (secondary N) is 1. The van der Waals surface area contributed by atoms with Crippen molar-refractivity contribution in [1.29, 1.82) is 0 Å². The normalized spacial score (nSPS) is 12.3. The smallest absolute Gasteiger partial charge is 0.310 e. The fourth-order valence-electron chi connectivity index (χ4n) is 1.60. The van der Waals surface area contributed by atoms with Gasteiger partial charge < -0.3 is 5.11 Å². The molecule has 0 atom stereocenters. The molecule has 0 aliphatic rings. The molecule has 2 rings (SSSR count). The summed E-state index contributed by atoms with van der Waals surface area (Å²) in [6.07, 6.45) is 2.61. The number of carboxylic acid groups (broad SMARTS) is 1. The van der Waals surface area contributed by atoms with Crippen LogP contribution in [0.3, 0.4) is 0 Å². The Kier molecular flexibility index (Phi) is 4.34. The lowest BCUT2D eigenvalue weighted by atomic mass is 9.95. The lowest BCUT2D eigenvalue weighted by Gasteiger charge is -2.18. The van der Waals surface area contributed by atoms with Crippen LogP contribution in [0.25, 0.3) is 5.69 Å². The number of aliphatic carboxylic acids is 1. The van der Waals surface area contributed by atoms with E-state index in [9.17, 15) is 13.2 Å². The Morgan fingerprint density at radius 1 is 1.32 bits per heavy atom. The number of hydrogen-bond acceptors (Lipinski definition) is 4. The van der Waals surface area contributed by atoms with Crippen molar-refractivity contribution >= 4 is 16.0 Å². The zero-order valence-corrected chi connectivity index (χ0v) is 13.0. The molecule has 8 heteroatoms. The van der Waals surface area contributed by atoms with Crippen LogP contribution in [0.2, 0.25) is 0 Å². The third-order valence-electron chi connectivity index (χ3n) is 3.17. The molecule has 7 nitrogen and oxygen atoms in total. The van der Waals surface area contributed by atoms with Gasteiger partial charge in [-0.05, 0) is 26.0 Å². The van der Waals surface area contributed by atoms with Gasteiger partial charge >= 0.3 is 5.97 Å². The second-order valence-electron chi connectivity index (χ2n) is 5.47. The lowest BCUT2D eigenvalue weighted by Crippen LogP contribution is -2.38. The summed E-state index contributed by atoms with van der Waals surface area (Å²) >= 11 is 0. The summed E-state index contributed by atoms with van der Waals surface area (Å²) in [5, 5.41) is 13.0. The van der Waals surface area contributed by atoms with Crippen molar-refractivity contribution < 1.29 is 18.3 Å². The highest BCUT2D eigenvalue weighted by Crippen LogP contribution is 2.16. The van der Waals surface area contributed by atoms with Crippen LogP contribution in [-0.4, -0.2) is 35.8 Å². The number of benzene rings is 1. The van der Waals surface area contributed by atoms with E-state index in [2.05, 4.69) is 9.82 Å². The SMILES string of the molecule is CC(C)(CNS(=O)(=O)c1cnn(-c2ccccc2)c1)C(=O)O. The number of nitrogens with zero attached hydrogens (tertiary/aromatic N) is 2. The first-order chi connectivity index (χ1) is 10.2. The predicted molar refractivity (Wildman–Crippen MR) is 80.2 cm³/mol. The molecule has 0 saturated heterocycles. The van der Waals surface area contributed by atoms with Gasteiger partial charge in [0.25, 0.3) is 0 Å². The molecule has 0 unspecified atom stereocenters. The summed E-state index contributed by atoms with van der Waals surface area (Å²) in [6.45, 7) is 2.69. The molecule has 0 amide bonds. The summed E-state index contributed by atoms with van der Waals surface area (Å²) in [4.78, 5) is 11.0. The molecule has 0 aliphatic carbocycles. The summed E-state index contributed by atoms with van der Waals surface area (Å²) in [5.74, 6) is -1.07. The van der Waals surface area contributed by atoms with Gasteiger partial charge in [-0.2, -0.15) is 5.10 Å². The molecule has 0 spiro atoms. The number of carbonyl (C=O) groups is 1. The largest absolute Gasteiger partial charge is 0.481 e. The van der Waals surface area contributed by atoms with Gasteiger partial charge in [-0.3, -0.25) is 4.79 Å². The van der Waals surface area contributed by atoms with Gasteiger partial charge in [0.1, 0.15) is 4.90 Å². The molecule has 0 radical (unpaired) electrons. The van der Waals surface area contributed by atoms with Crippen LogP contribution in [0.15, 0.2) is 47.6 Å². The number of aromatic nitrogens is 2. The molecule has 0 aliphatic heterocycles. The molecule has 0 fully saturated rings. The first-order valence-electron chi connectivity index (χ1n) is 6.55. The van der Waals surface area contributed by atoms with E-state index in [0.29, 0.717) is 0 Å². The van der Waals surface area contributed by atoms with Crippen molar-refractivity contribution in [2.24, 2.45) is 5.41 Å². The Morgan fingerprint density at radius 3 is 2.55 bits per heavy atom. The van der Waals surface area contributed by atoms with Crippen LogP contribution >= 0.6 is 0 Å². The second-order valence-corrected chi connectivity index (χ2v) is 7.24. The van der Waals surface area contributed by atoms with Crippen molar-refractivity contribution in [2.75, 3.05) is 6.54 Å². The maximum atomic E-state index is 12.2. The van der Waals surface area contributed by atoms with Crippen LogP contribution in [0.1, 0.15) is 13.8 Å². The van der Waals surface area contributed by atoms with Crippen LogP contribution < -0.4 is 4.72 Å². The molecule has 2 aromatic rings. The molecule has 1 heterocycles. The number of hydrogen-bond donors (Lipinski definition) is 2. The molecule has 118 valence electrons. The molecule has 0 bridgehead atoms. The van der Waals surface area contributed by atoms with E-state index in [1.54, 1.807) is 12.1 Å². The summed E-state index contributed by atoms with van der Waals surface area (Å²) in [5.41, 5.74) is -0.461. The van der Waals surface area contributed by atoms with Crippen molar-refractivity contribution in [1.82, 2.24) is 14.5 Å². The number of sulfonamides is 1. The van der Waals surface area contributed by atoms with E-state index in [0.717, 1.165) is 5.69 Å². The van der Waals surface area contributed by atoms with Crippen LogP contribution in [0, 0.1) is 5.41 Å². The Hall–Kier alpha value is -2.19. The van der Waals surface area contributed by atoms with Crippen molar-refractivity contribution in [3.05, 3.63) is 42.7 Å². The summed E-state index contributed by atoms with van der Waals surface area (Å²) < 4.78 is 28.1. The first-order valence-corrected chi connectivity index (χ1v) is 8.04. The Bertz CT molecular complexity index is 766. The van der Waals surface area contributed by atoms with Gasteiger partial charge in [0.15, 0.2) is 0 Å². The maximum absolute atomic E-state index is 12.2. The average Bonchev–Trinajstić information content (AvgIpc) is 2.97. The second kappa shape index (κ2) is 5.90. The van der Waals surface area contributed by atoms with Gasteiger partial charge in [-0.25, -0.2) is 17.8 Å². The van der Waals surface area contributed by atoms with Crippen molar-refractivity contribution in [2.45, 2.75) is 18.7 Å². The van der Waals surface area contributed by atoms with E-state index in [4.69, 9.17) is 5.11 Å². The molecule has 22 heavy (non-hydrogen) atoms. The van der Waals surface area contributed by atoms with Crippen LogP contribution in [0.4, 0.5) is 0 Å². The van der Waals surface area contributed by atoms with E-state index in [1.807, 2.05) is 18.2 Å². The topological polar surface area (TPSA) is 101 Å². The highest BCUT2D eigenvalue weighted by atomic mass is 32.2. The molecule has 1 aromatic carbocycles. The maximum Gasteiger partial charge on any atom is 0.310 e. The predicted octanol–water partition coefficient (Wildman–Crippen LogP) is 1.26. The highest BCUT2D eigenvalue weighted by molar-refractivity contribution is 7.89. The third-order valence-corrected chi connectivity index (χ3v) is 4.53. The van der Waals surface area contributed by atoms with Gasteiger partial charge in [0.2, 0.25) is 10.0 Å². The highest BCUT2D eigenvalue weighted by Gasteiger charge is 2.29. The minimum absolute atomic E-state index is 0.0162. The lowest BCUT2D eigenvalue weighted by molar-refractivity contribution is -0.146. The van der Waals surface area contributed by atoms with Gasteiger partial charge in [-0.1, -0.05) is 18.2 Å². The van der Waals surface area contributed by atoms with Crippen LogP contribution in [-0.2, 0) is 14.8 Å². The molecular formula is C14H17N3O4S. The van der Waals surface area contributed by atoms with Gasteiger partial charge in [0.05, 0.1) is 23.5 Å². The monoisotopic (exact) mass is 323 g/mol. The third kappa shape index (κ3) is 3.52. The van der Waals surface area contributed by atoms with E-state index < -0.39 is 21.4 Å². The van der Waals surface area contributed by atoms with Gasteiger partial charge in [0, 0.05) is 6.54 Å². The quantitative estimate of drug-likeness (QED) is 0.833. The average molecular weight is 323 g/mol. The number of carboxylic acids is 1. The molecule has 2 N–H and O–H groups in total. The Morgan fingerprint density at radius 2 is 1.95 bits per heavy atom. The standard InChI is InChI=1S/C14H17N3O4S/c1-14(2,13(18)19)10-16-22(20,21)12-8-15-17(9-12)11-6-4-3-5-7-11/h3-9,16H,10H2,1-2H3,(H,18,19). The first kappa shape index (κ1) is 16.2. The zero-order valence-electron chi connectivity index (χ0n) is 12.2. The van der Waals surface area contributed by atoms with E-state index >= 15 is 0 Å². The zero-order chi connectivity index (χ0) is 16.4. The molecule has 0 saturated carbocycles. The number of para-hydroxylation sites is 1. The minimum atomic E-state index is -3.81. The van der Waals surface area contributed by atoms with Crippen molar-refractivity contribution in [3.63, 3.8) is 0 Å². The number of rotatable bonds is 6. The van der Waals surface area contributed by atoms with E-state index in [-0.39, 0.29) is 11.4 Å². The van der Waals surface area contributed by atoms with E-state index in [1.165, 1.54) is 30.9 Å². The fraction of sp³-hybridized carbons (Fsp3) is 0.286. The summed E-state index contributed by atoms with van der Waals surface area (Å²) in [7, 11) is -3.81. The summed E-state index contributed by atoms with van der Waals surface area (Å²) in [6, 6.07) is 9.08. The molecule has 1 aromatic heterocycles. The van der Waals surface area contributed by atoms with Crippen LogP contribution in [0.5, 0.6) is 0 Å². The minimum Gasteiger partial charge on any atom is -0.481 e. The van der Waals surface area contributed by atoms with Gasteiger partial charge in [-0.15, -0.1) is 0 Å². The Balaban J connectivity index is 2.18. The Labute approximate surface area is 128 Å². The fourth-order valence-corrected chi connectivity index (χ4v) is 2.74.